The third kappa shape index (κ3) is 5.10. The van der Waals surface area contributed by atoms with E-state index in [0.717, 1.165) is 54.9 Å². The molecule has 1 saturated heterocycles. The summed E-state index contributed by atoms with van der Waals surface area (Å²) in [6.07, 6.45) is 1.93. The molecule has 0 saturated carbocycles. The van der Waals surface area contributed by atoms with Gasteiger partial charge in [-0.2, -0.15) is 0 Å². The van der Waals surface area contributed by atoms with E-state index in [1.54, 1.807) is 12.1 Å². The predicted molar refractivity (Wildman–Crippen MR) is 107 cm³/mol. The molecule has 2 aromatic carbocycles. The zero-order valence-electron chi connectivity index (χ0n) is 15.7. The lowest BCUT2D eigenvalue weighted by molar-refractivity contribution is 0.0811. The lowest BCUT2D eigenvalue weighted by atomic mass is 9.90. The molecule has 0 radical (unpaired) electrons. The molecular weight excluding hydrogens is 362 g/mol. The minimum atomic E-state index is -0.0408. The predicted octanol–water partition coefficient (Wildman–Crippen LogP) is 4.33. The highest BCUT2D eigenvalue weighted by molar-refractivity contribution is 6.30. The van der Waals surface area contributed by atoms with Crippen LogP contribution in [0.25, 0.3) is 0 Å². The third-order valence-corrected chi connectivity index (χ3v) is 5.26. The number of Topliss-reactive ketones (excluding diaryl/α,β-unsaturated/α-hetero) is 1. The fourth-order valence-corrected chi connectivity index (χ4v) is 3.80. The molecular formula is C22H26ClNO3. The van der Waals surface area contributed by atoms with Gasteiger partial charge in [0.1, 0.15) is 5.75 Å². The van der Waals surface area contributed by atoms with Gasteiger partial charge in [-0.05, 0) is 68.3 Å². The highest BCUT2D eigenvalue weighted by atomic mass is 35.5. The van der Waals surface area contributed by atoms with Gasteiger partial charge in [0.05, 0.1) is 13.2 Å². The van der Waals surface area contributed by atoms with E-state index in [9.17, 15) is 9.90 Å². The SMILES string of the molecule is CCOc1ccc(CN2CCC[C@@H](C(=O)c3ccc(Cl)cc3)C2)cc1CO. The minimum absolute atomic E-state index is 0.0138. The summed E-state index contributed by atoms with van der Waals surface area (Å²) < 4.78 is 5.55. The first-order valence-electron chi connectivity index (χ1n) is 9.48. The van der Waals surface area contributed by atoms with E-state index in [-0.39, 0.29) is 18.3 Å². The molecule has 1 heterocycles. The number of carbonyl (C=O) groups is 1. The number of ether oxygens (including phenoxy) is 1. The van der Waals surface area contributed by atoms with Crippen LogP contribution in [0.15, 0.2) is 42.5 Å². The minimum Gasteiger partial charge on any atom is -0.494 e. The van der Waals surface area contributed by atoms with Gasteiger partial charge in [-0.15, -0.1) is 0 Å². The van der Waals surface area contributed by atoms with Crippen molar-refractivity contribution in [1.82, 2.24) is 4.90 Å². The number of hydrogen-bond acceptors (Lipinski definition) is 4. The molecule has 27 heavy (non-hydrogen) atoms. The standard InChI is InChI=1S/C22H26ClNO3/c1-2-27-21-10-5-16(12-19(21)15-25)13-24-11-3-4-18(14-24)22(26)17-6-8-20(23)9-7-17/h5-10,12,18,25H,2-4,11,13-15H2,1H3/t18-/m1/s1. The van der Waals surface area contributed by atoms with Crippen LogP contribution in [-0.4, -0.2) is 35.5 Å². The van der Waals surface area contributed by atoms with Crippen LogP contribution in [0.1, 0.15) is 41.3 Å². The van der Waals surface area contributed by atoms with Crippen LogP contribution >= 0.6 is 11.6 Å². The van der Waals surface area contributed by atoms with Crippen LogP contribution in [0.3, 0.4) is 0 Å². The number of nitrogens with zero attached hydrogens (tertiary/aromatic N) is 1. The second-order valence-corrected chi connectivity index (χ2v) is 7.42. The lowest BCUT2D eigenvalue weighted by Crippen LogP contribution is -2.38. The Kier molecular flexibility index (Phi) is 6.89. The first-order chi connectivity index (χ1) is 13.1. The van der Waals surface area contributed by atoms with Crippen molar-refractivity contribution in [1.29, 1.82) is 0 Å². The second-order valence-electron chi connectivity index (χ2n) is 6.98. The molecule has 3 rings (SSSR count). The highest BCUT2D eigenvalue weighted by Gasteiger charge is 2.26. The lowest BCUT2D eigenvalue weighted by Gasteiger charge is -2.32. The number of hydrogen-bond donors (Lipinski definition) is 1. The molecule has 4 nitrogen and oxygen atoms in total. The molecule has 0 amide bonds. The van der Waals surface area contributed by atoms with Gasteiger partial charge in [0, 0.05) is 35.2 Å². The fraction of sp³-hybridized carbons (Fsp3) is 0.409. The zero-order valence-corrected chi connectivity index (χ0v) is 16.4. The normalized spacial score (nSPS) is 17.7. The van der Waals surface area contributed by atoms with Crippen molar-refractivity contribution in [3.05, 3.63) is 64.2 Å². The molecule has 1 aliphatic rings. The van der Waals surface area contributed by atoms with Gasteiger partial charge in [0.25, 0.3) is 0 Å². The molecule has 2 aromatic rings. The Labute approximate surface area is 165 Å². The number of benzene rings is 2. The van der Waals surface area contributed by atoms with Crippen LogP contribution in [-0.2, 0) is 13.2 Å². The maximum Gasteiger partial charge on any atom is 0.167 e. The van der Waals surface area contributed by atoms with Gasteiger partial charge < -0.3 is 9.84 Å². The Hall–Kier alpha value is -1.88. The first-order valence-corrected chi connectivity index (χ1v) is 9.86. The van der Waals surface area contributed by atoms with Crippen molar-refractivity contribution in [3.63, 3.8) is 0 Å². The van der Waals surface area contributed by atoms with Crippen LogP contribution in [0.4, 0.5) is 0 Å². The number of halogens is 1. The summed E-state index contributed by atoms with van der Waals surface area (Å²) in [5.41, 5.74) is 2.66. The number of aliphatic hydroxyl groups excluding tert-OH is 1. The summed E-state index contributed by atoms with van der Waals surface area (Å²) in [5, 5.41) is 10.2. The largest absolute Gasteiger partial charge is 0.494 e. The van der Waals surface area contributed by atoms with E-state index < -0.39 is 0 Å². The van der Waals surface area contributed by atoms with Crippen molar-refractivity contribution in [3.8, 4) is 5.75 Å². The average molecular weight is 388 g/mol. The summed E-state index contributed by atoms with van der Waals surface area (Å²) in [7, 11) is 0. The van der Waals surface area contributed by atoms with E-state index in [2.05, 4.69) is 4.90 Å². The Morgan fingerprint density at radius 3 is 2.74 bits per heavy atom. The Morgan fingerprint density at radius 1 is 1.26 bits per heavy atom. The summed E-state index contributed by atoms with van der Waals surface area (Å²) >= 11 is 5.92. The maximum absolute atomic E-state index is 12.8. The van der Waals surface area contributed by atoms with Gasteiger partial charge in [0.15, 0.2) is 5.78 Å². The molecule has 0 aromatic heterocycles. The van der Waals surface area contributed by atoms with Crippen molar-refractivity contribution >= 4 is 17.4 Å². The average Bonchev–Trinajstić information content (AvgIpc) is 2.69. The molecule has 144 valence electrons. The number of ketones is 1. The molecule has 1 fully saturated rings. The second kappa shape index (κ2) is 9.36. The monoisotopic (exact) mass is 387 g/mol. The summed E-state index contributed by atoms with van der Waals surface area (Å²) in [6.45, 7) is 4.97. The molecule has 0 aliphatic carbocycles. The van der Waals surface area contributed by atoms with E-state index in [0.29, 0.717) is 11.6 Å². The van der Waals surface area contributed by atoms with E-state index >= 15 is 0 Å². The van der Waals surface area contributed by atoms with Gasteiger partial charge in [0.2, 0.25) is 0 Å². The quantitative estimate of drug-likeness (QED) is 0.718. The zero-order chi connectivity index (χ0) is 19.2. The van der Waals surface area contributed by atoms with Gasteiger partial charge in [-0.1, -0.05) is 17.7 Å². The summed E-state index contributed by atoms with van der Waals surface area (Å²) in [5.74, 6) is 0.942. The molecule has 1 aliphatic heterocycles. The van der Waals surface area contributed by atoms with E-state index in [1.165, 1.54) is 0 Å². The number of aliphatic hydroxyl groups is 1. The van der Waals surface area contributed by atoms with E-state index in [4.69, 9.17) is 16.3 Å². The number of likely N-dealkylation sites (tertiary alicyclic amines) is 1. The van der Waals surface area contributed by atoms with Gasteiger partial charge in [-0.3, -0.25) is 9.69 Å². The number of carbonyl (C=O) groups excluding carboxylic acids is 1. The first kappa shape index (κ1) is 19.9. The molecule has 5 heteroatoms. The molecule has 1 N–H and O–H groups in total. The molecule has 0 spiro atoms. The molecule has 0 bridgehead atoms. The van der Waals surface area contributed by atoms with Crippen LogP contribution in [0.5, 0.6) is 5.75 Å². The van der Waals surface area contributed by atoms with Crippen molar-refractivity contribution in [2.75, 3.05) is 19.7 Å². The van der Waals surface area contributed by atoms with Gasteiger partial charge >= 0.3 is 0 Å². The van der Waals surface area contributed by atoms with Crippen molar-refractivity contribution in [2.45, 2.75) is 32.9 Å². The van der Waals surface area contributed by atoms with Crippen molar-refractivity contribution in [2.24, 2.45) is 5.92 Å². The summed E-state index contributed by atoms with van der Waals surface area (Å²) in [4.78, 5) is 15.1. The topological polar surface area (TPSA) is 49.8 Å². The third-order valence-electron chi connectivity index (χ3n) is 5.01. The van der Waals surface area contributed by atoms with Crippen LogP contribution < -0.4 is 4.74 Å². The van der Waals surface area contributed by atoms with Gasteiger partial charge in [-0.25, -0.2) is 0 Å². The maximum atomic E-state index is 12.8. The Balaban J connectivity index is 1.66. The Bertz CT molecular complexity index is 776. The van der Waals surface area contributed by atoms with Crippen LogP contribution in [0, 0.1) is 5.92 Å². The Morgan fingerprint density at radius 2 is 2.04 bits per heavy atom. The van der Waals surface area contributed by atoms with Crippen molar-refractivity contribution < 1.29 is 14.6 Å². The van der Waals surface area contributed by atoms with Crippen LogP contribution in [0.2, 0.25) is 5.02 Å². The molecule has 0 unspecified atom stereocenters. The number of piperidine rings is 1. The summed E-state index contributed by atoms with van der Waals surface area (Å²) in [6, 6.07) is 13.1. The highest BCUT2D eigenvalue weighted by Crippen LogP contribution is 2.25. The smallest absolute Gasteiger partial charge is 0.167 e. The molecule has 1 atom stereocenters. The number of rotatable bonds is 7. The fourth-order valence-electron chi connectivity index (χ4n) is 3.67. The van der Waals surface area contributed by atoms with E-state index in [1.807, 2.05) is 37.3 Å².